The smallest absolute Gasteiger partial charge is 0.293 e. The molecule has 7 nitrogen and oxygen atoms in total. The first-order valence-electron chi connectivity index (χ1n) is 13.1. The highest BCUT2D eigenvalue weighted by atomic mass is 32.2. The van der Waals surface area contributed by atoms with E-state index in [9.17, 15) is 9.59 Å². The van der Waals surface area contributed by atoms with Crippen molar-refractivity contribution in [1.29, 1.82) is 0 Å². The van der Waals surface area contributed by atoms with E-state index in [1.54, 1.807) is 25.3 Å². The third kappa shape index (κ3) is 7.60. The molecule has 0 unspecified atom stereocenters. The number of rotatable bonds is 11. The van der Waals surface area contributed by atoms with Crippen LogP contribution in [0.5, 0.6) is 23.0 Å². The number of hydrogen-bond donors (Lipinski definition) is 0. The Hall–Kier alpha value is -3.91. The lowest BCUT2D eigenvalue weighted by Gasteiger charge is -2.19. The number of methoxy groups -OCH3 is 1. The first-order valence-corrected chi connectivity index (χ1v) is 13.9. The first kappa shape index (κ1) is 29.1. The van der Waals surface area contributed by atoms with Crippen LogP contribution < -0.4 is 18.9 Å². The molecule has 1 saturated heterocycles. The molecule has 0 bridgehead atoms. The number of amides is 2. The summed E-state index contributed by atoms with van der Waals surface area (Å²) in [6, 6.07) is 21.1. The van der Waals surface area contributed by atoms with Crippen molar-refractivity contribution in [3.63, 3.8) is 0 Å². The molecule has 3 aromatic carbocycles. The van der Waals surface area contributed by atoms with Crippen molar-refractivity contribution in [3.8, 4) is 23.0 Å². The predicted octanol–water partition coefficient (Wildman–Crippen LogP) is 6.87. The molecule has 1 heterocycles. The molecule has 8 heteroatoms. The van der Waals surface area contributed by atoms with Crippen LogP contribution >= 0.6 is 11.8 Å². The summed E-state index contributed by atoms with van der Waals surface area (Å²) in [6.07, 6.45) is 1.68. The predicted molar refractivity (Wildman–Crippen MR) is 158 cm³/mol. The van der Waals surface area contributed by atoms with E-state index in [1.807, 2.05) is 49.4 Å². The summed E-state index contributed by atoms with van der Waals surface area (Å²) >= 11 is 0.914. The zero-order valence-electron chi connectivity index (χ0n) is 23.6. The molecule has 1 aliphatic rings. The zero-order chi connectivity index (χ0) is 28.7. The Bertz CT molecular complexity index is 1380. The van der Waals surface area contributed by atoms with Crippen LogP contribution in [0.25, 0.3) is 6.08 Å². The minimum Gasteiger partial charge on any atom is -0.493 e. The van der Waals surface area contributed by atoms with Crippen LogP contribution in [-0.4, -0.2) is 49.5 Å². The van der Waals surface area contributed by atoms with Gasteiger partial charge in [-0.2, -0.15) is 0 Å². The minimum atomic E-state index is -0.338. The van der Waals surface area contributed by atoms with Gasteiger partial charge in [-0.25, -0.2) is 0 Å². The van der Waals surface area contributed by atoms with Gasteiger partial charge in [0, 0.05) is 0 Å². The average molecular weight is 562 g/mol. The third-order valence-electron chi connectivity index (χ3n) is 6.26. The highest BCUT2D eigenvalue weighted by Gasteiger charge is 2.34. The maximum absolute atomic E-state index is 12.9. The Morgan fingerprint density at radius 1 is 0.825 bits per heavy atom. The van der Waals surface area contributed by atoms with E-state index in [4.69, 9.17) is 18.9 Å². The Labute approximate surface area is 240 Å². The summed E-state index contributed by atoms with van der Waals surface area (Å²) < 4.78 is 22.9. The van der Waals surface area contributed by atoms with E-state index >= 15 is 0 Å². The van der Waals surface area contributed by atoms with Crippen molar-refractivity contribution in [2.45, 2.75) is 33.1 Å². The maximum Gasteiger partial charge on any atom is 0.293 e. The SMILES string of the molecule is COc1cc(/C=C2\SC(=O)N(CCOc3cccc(C)c3)C2=O)ccc1OCCOc1ccc(C(C)(C)C)cc1. The third-order valence-corrected chi connectivity index (χ3v) is 7.17. The van der Waals surface area contributed by atoms with Gasteiger partial charge in [0.2, 0.25) is 0 Å². The van der Waals surface area contributed by atoms with Crippen molar-refractivity contribution >= 4 is 29.0 Å². The molecule has 4 rings (SSSR count). The van der Waals surface area contributed by atoms with Crippen molar-refractivity contribution in [1.82, 2.24) is 4.90 Å². The molecule has 0 aromatic heterocycles. The second-order valence-electron chi connectivity index (χ2n) is 10.4. The van der Waals surface area contributed by atoms with Crippen molar-refractivity contribution in [2.75, 3.05) is 33.5 Å². The van der Waals surface area contributed by atoms with Crippen molar-refractivity contribution < 1.29 is 28.5 Å². The fourth-order valence-electron chi connectivity index (χ4n) is 4.06. The fourth-order valence-corrected chi connectivity index (χ4v) is 4.92. The maximum atomic E-state index is 12.9. The molecule has 0 spiro atoms. The molecule has 0 radical (unpaired) electrons. The lowest BCUT2D eigenvalue weighted by molar-refractivity contribution is -0.123. The molecule has 0 aliphatic carbocycles. The molecular weight excluding hydrogens is 526 g/mol. The van der Waals surface area contributed by atoms with Gasteiger partial charge in [-0.1, -0.05) is 51.1 Å². The average Bonchev–Trinajstić information content (AvgIpc) is 3.18. The number of benzene rings is 3. The Morgan fingerprint density at radius 2 is 1.55 bits per heavy atom. The summed E-state index contributed by atoms with van der Waals surface area (Å²) in [7, 11) is 1.56. The van der Waals surface area contributed by atoms with E-state index in [0.29, 0.717) is 35.4 Å². The van der Waals surface area contributed by atoms with Gasteiger partial charge in [0.25, 0.3) is 11.1 Å². The van der Waals surface area contributed by atoms with E-state index in [1.165, 1.54) is 10.5 Å². The van der Waals surface area contributed by atoms with E-state index < -0.39 is 0 Å². The van der Waals surface area contributed by atoms with E-state index in [-0.39, 0.29) is 29.7 Å². The van der Waals surface area contributed by atoms with Crippen LogP contribution in [0, 0.1) is 6.92 Å². The lowest BCUT2D eigenvalue weighted by Crippen LogP contribution is -2.32. The molecule has 1 aliphatic heterocycles. The van der Waals surface area contributed by atoms with Crippen LogP contribution in [0.1, 0.15) is 37.5 Å². The molecular formula is C32H35NO6S. The van der Waals surface area contributed by atoms with Crippen molar-refractivity contribution in [2.24, 2.45) is 0 Å². The van der Waals surface area contributed by atoms with Gasteiger partial charge in [-0.05, 0) is 83.3 Å². The number of carbonyl (C=O) groups is 2. The summed E-state index contributed by atoms with van der Waals surface area (Å²) in [5, 5.41) is -0.316. The van der Waals surface area contributed by atoms with Gasteiger partial charge < -0.3 is 18.9 Å². The highest BCUT2D eigenvalue weighted by Crippen LogP contribution is 2.34. The van der Waals surface area contributed by atoms with Gasteiger partial charge in [-0.3, -0.25) is 14.5 Å². The highest BCUT2D eigenvalue weighted by molar-refractivity contribution is 8.18. The number of nitrogens with zero attached hydrogens (tertiary/aromatic N) is 1. The van der Waals surface area contributed by atoms with Crippen LogP contribution in [-0.2, 0) is 10.2 Å². The summed E-state index contributed by atoms with van der Waals surface area (Å²) in [5.41, 5.74) is 3.14. The monoisotopic (exact) mass is 561 g/mol. The molecule has 0 atom stereocenters. The number of carbonyl (C=O) groups excluding carboxylic acids is 2. The summed E-state index contributed by atoms with van der Waals surface area (Å²) in [4.78, 5) is 26.9. The Kier molecular flexibility index (Phi) is 9.42. The molecule has 3 aromatic rings. The standard InChI is InChI=1S/C32H35NO6S/c1-22-7-6-8-26(19-22)37-16-15-33-30(34)29(40-31(33)35)21-23-9-14-27(28(20-23)36-5)39-18-17-38-25-12-10-24(11-13-25)32(2,3)4/h6-14,19-21H,15-18H2,1-5H3/b29-21-. The fraction of sp³-hybridized carbons (Fsp3) is 0.312. The summed E-state index contributed by atoms with van der Waals surface area (Å²) in [6.45, 7) is 9.61. The quantitative estimate of drug-likeness (QED) is 0.187. The molecule has 1 fully saturated rings. The van der Waals surface area contributed by atoms with Gasteiger partial charge in [0.05, 0.1) is 18.6 Å². The normalized spacial score (nSPS) is 14.5. The minimum absolute atomic E-state index is 0.0930. The number of thioether (sulfide) groups is 1. The van der Waals surface area contributed by atoms with Gasteiger partial charge in [0.1, 0.15) is 31.3 Å². The van der Waals surface area contributed by atoms with E-state index in [0.717, 1.165) is 28.6 Å². The van der Waals surface area contributed by atoms with Crippen LogP contribution in [0.3, 0.4) is 0 Å². The van der Waals surface area contributed by atoms with Crippen molar-refractivity contribution in [3.05, 3.63) is 88.3 Å². The van der Waals surface area contributed by atoms with Gasteiger partial charge in [-0.15, -0.1) is 0 Å². The van der Waals surface area contributed by atoms with Gasteiger partial charge in [0.15, 0.2) is 11.5 Å². The number of hydrogen-bond acceptors (Lipinski definition) is 7. The van der Waals surface area contributed by atoms with Gasteiger partial charge >= 0.3 is 0 Å². The molecule has 0 saturated carbocycles. The Balaban J connectivity index is 1.30. The Morgan fingerprint density at radius 3 is 2.25 bits per heavy atom. The van der Waals surface area contributed by atoms with E-state index in [2.05, 4.69) is 32.9 Å². The number of aryl methyl sites for hydroxylation is 1. The number of imide groups is 1. The first-order chi connectivity index (χ1) is 19.1. The van der Waals surface area contributed by atoms with Crippen LogP contribution in [0.2, 0.25) is 0 Å². The second-order valence-corrected chi connectivity index (χ2v) is 11.4. The second kappa shape index (κ2) is 13.0. The van der Waals surface area contributed by atoms with Crippen LogP contribution in [0.4, 0.5) is 4.79 Å². The topological polar surface area (TPSA) is 74.3 Å². The molecule has 0 N–H and O–H groups in total. The molecule has 210 valence electrons. The molecule has 2 amide bonds. The largest absolute Gasteiger partial charge is 0.493 e. The molecule has 40 heavy (non-hydrogen) atoms. The zero-order valence-corrected chi connectivity index (χ0v) is 24.4. The van der Waals surface area contributed by atoms with Crippen LogP contribution in [0.15, 0.2) is 71.6 Å². The lowest BCUT2D eigenvalue weighted by atomic mass is 9.87. The summed E-state index contributed by atoms with van der Waals surface area (Å²) in [5.74, 6) is 2.24. The number of ether oxygens (including phenoxy) is 4.